The van der Waals surface area contributed by atoms with Crippen molar-refractivity contribution in [3.8, 4) is 0 Å². The van der Waals surface area contributed by atoms with Crippen LogP contribution in [0.2, 0.25) is 0 Å². The van der Waals surface area contributed by atoms with Gasteiger partial charge in [0, 0.05) is 23.2 Å². The molecule has 1 heterocycles. The van der Waals surface area contributed by atoms with Gasteiger partial charge in [-0.1, -0.05) is 42.5 Å². The van der Waals surface area contributed by atoms with Crippen molar-refractivity contribution in [2.24, 2.45) is 0 Å². The SMILES string of the molecule is O=C1CCCC2=C1[C@@H](c1ccc(F)cc1)Nc1ccc3ccccc3c12. The van der Waals surface area contributed by atoms with Crippen LogP contribution in [0.15, 0.2) is 66.2 Å². The number of ketones is 1. The van der Waals surface area contributed by atoms with Gasteiger partial charge in [-0.15, -0.1) is 0 Å². The van der Waals surface area contributed by atoms with Crippen LogP contribution >= 0.6 is 0 Å². The van der Waals surface area contributed by atoms with E-state index in [1.807, 2.05) is 12.1 Å². The first-order valence-corrected chi connectivity index (χ1v) is 9.03. The molecule has 3 aromatic carbocycles. The van der Waals surface area contributed by atoms with E-state index in [2.05, 4.69) is 29.6 Å². The summed E-state index contributed by atoms with van der Waals surface area (Å²) < 4.78 is 13.4. The van der Waals surface area contributed by atoms with E-state index >= 15 is 0 Å². The van der Waals surface area contributed by atoms with Crippen molar-refractivity contribution in [1.82, 2.24) is 0 Å². The van der Waals surface area contributed by atoms with E-state index < -0.39 is 0 Å². The first kappa shape index (κ1) is 15.3. The molecule has 2 nitrogen and oxygen atoms in total. The highest BCUT2D eigenvalue weighted by Crippen LogP contribution is 2.47. The Morgan fingerprint density at radius 3 is 2.58 bits per heavy atom. The third-order valence-corrected chi connectivity index (χ3v) is 5.48. The standard InChI is InChI=1S/C23H18FNO/c24-16-11-8-15(9-12-16)23-22-18(6-3-7-20(22)26)21-17-5-2-1-4-14(17)10-13-19(21)25-23/h1-2,4-5,8-13,23,25H,3,6-7H2/t23-/m1/s1. The van der Waals surface area contributed by atoms with Gasteiger partial charge < -0.3 is 5.32 Å². The summed E-state index contributed by atoms with van der Waals surface area (Å²) in [7, 11) is 0. The maximum atomic E-state index is 13.4. The van der Waals surface area contributed by atoms with E-state index in [1.54, 1.807) is 12.1 Å². The number of carbonyl (C=O) groups is 1. The van der Waals surface area contributed by atoms with E-state index in [0.717, 1.165) is 40.8 Å². The molecule has 3 aromatic rings. The van der Waals surface area contributed by atoms with Crippen molar-refractivity contribution in [2.75, 3.05) is 5.32 Å². The molecule has 1 atom stereocenters. The molecule has 0 unspecified atom stereocenters. The van der Waals surface area contributed by atoms with Gasteiger partial charge in [0.2, 0.25) is 0 Å². The fourth-order valence-corrected chi connectivity index (χ4v) is 4.31. The summed E-state index contributed by atoms with van der Waals surface area (Å²) in [5.74, 6) is -0.0632. The van der Waals surface area contributed by atoms with Crippen LogP contribution in [0.4, 0.5) is 10.1 Å². The van der Waals surface area contributed by atoms with Crippen molar-refractivity contribution in [1.29, 1.82) is 0 Å². The average molecular weight is 343 g/mol. The first-order chi connectivity index (χ1) is 12.7. The molecular formula is C23H18FNO. The second kappa shape index (κ2) is 5.80. The van der Waals surface area contributed by atoms with Crippen LogP contribution in [0.5, 0.6) is 0 Å². The number of rotatable bonds is 1. The average Bonchev–Trinajstić information content (AvgIpc) is 2.68. The Kier molecular flexibility index (Phi) is 3.42. The van der Waals surface area contributed by atoms with Gasteiger partial charge in [0.25, 0.3) is 0 Å². The minimum absolute atomic E-state index is 0.201. The lowest BCUT2D eigenvalue weighted by Crippen LogP contribution is -2.27. The molecule has 3 heteroatoms. The quantitative estimate of drug-likeness (QED) is 0.618. The van der Waals surface area contributed by atoms with Gasteiger partial charge in [0.15, 0.2) is 5.78 Å². The summed E-state index contributed by atoms with van der Waals surface area (Å²) in [4.78, 5) is 12.9. The fourth-order valence-electron chi connectivity index (χ4n) is 4.31. The van der Waals surface area contributed by atoms with Crippen molar-refractivity contribution >= 4 is 27.8 Å². The lowest BCUT2D eigenvalue weighted by atomic mass is 9.77. The molecule has 5 rings (SSSR count). The van der Waals surface area contributed by atoms with Gasteiger partial charge in [0.1, 0.15) is 5.82 Å². The largest absolute Gasteiger partial charge is 0.373 e. The molecule has 0 fully saturated rings. The van der Waals surface area contributed by atoms with Gasteiger partial charge in [-0.05, 0) is 52.9 Å². The summed E-state index contributed by atoms with van der Waals surface area (Å²) in [6, 6.07) is 18.7. The predicted molar refractivity (Wildman–Crippen MR) is 102 cm³/mol. The second-order valence-corrected chi connectivity index (χ2v) is 7.01. The predicted octanol–water partition coefficient (Wildman–Crippen LogP) is 5.65. The van der Waals surface area contributed by atoms with Gasteiger partial charge >= 0.3 is 0 Å². The molecular weight excluding hydrogens is 325 g/mol. The molecule has 0 radical (unpaired) electrons. The number of Topliss-reactive ketones (excluding diaryl/α,β-unsaturated/α-hetero) is 1. The number of hydrogen-bond donors (Lipinski definition) is 1. The highest BCUT2D eigenvalue weighted by Gasteiger charge is 2.34. The Balaban J connectivity index is 1.78. The van der Waals surface area contributed by atoms with Crippen molar-refractivity contribution < 1.29 is 9.18 Å². The Morgan fingerprint density at radius 2 is 1.73 bits per heavy atom. The Hall–Kier alpha value is -2.94. The van der Waals surface area contributed by atoms with E-state index in [1.165, 1.54) is 22.9 Å². The molecule has 0 amide bonds. The Labute approximate surface area is 151 Å². The normalized spacial score (nSPS) is 19.1. The van der Waals surface area contributed by atoms with Crippen LogP contribution in [-0.4, -0.2) is 5.78 Å². The van der Waals surface area contributed by atoms with Crippen LogP contribution < -0.4 is 5.32 Å². The molecule has 1 N–H and O–H groups in total. The van der Waals surface area contributed by atoms with Gasteiger partial charge in [-0.3, -0.25) is 4.79 Å². The molecule has 128 valence electrons. The Bertz CT molecular complexity index is 1070. The van der Waals surface area contributed by atoms with Gasteiger partial charge in [-0.2, -0.15) is 0 Å². The van der Waals surface area contributed by atoms with E-state index in [4.69, 9.17) is 0 Å². The number of halogens is 1. The maximum absolute atomic E-state index is 13.4. The van der Waals surface area contributed by atoms with Gasteiger partial charge in [0.05, 0.1) is 6.04 Å². The van der Waals surface area contributed by atoms with E-state index in [-0.39, 0.29) is 17.6 Å². The van der Waals surface area contributed by atoms with E-state index in [9.17, 15) is 9.18 Å². The van der Waals surface area contributed by atoms with Crippen LogP contribution in [-0.2, 0) is 4.79 Å². The van der Waals surface area contributed by atoms with Crippen molar-refractivity contribution in [2.45, 2.75) is 25.3 Å². The second-order valence-electron chi connectivity index (χ2n) is 7.01. The fraction of sp³-hybridized carbons (Fsp3) is 0.174. The van der Waals surface area contributed by atoms with E-state index in [0.29, 0.717) is 6.42 Å². The zero-order valence-corrected chi connectivity index (χ0v) is 14.3. The molecule has 2 aliphatic rings. The smallest absolute Gasteiger partial charge is 0.161 e. The van der Waals surface area contributed by atoms with Crippen LogP contribution in [0.1, 0.15) is 36.4 Å². The summed E-state index contributed by atoms with van der Waals surface area (Å²) in [6.45, 7) is 0. The number of nitrogens with one attached hydrogen (secondary N) is 1. The van der Waals surface area contributed by atoms with Crippen LogP contribution in [0.3, 0.4) is 0 Å². The summed E-state index contributed by atoms with van der Waals surface area (Å²) in [5, 5.41) is 5.91. The third kappa shape index (κ3) is 2.27. The van der Waals surface area contributed by atoms with Crippen LogP contribution in [0.25, 0.3) is 16.3 Å². The van der Waals surface area contributed by atoms with Crippen molar-refractivity contribution in [3.05, 3.63) is 83.2 Å². The number of allylic oxidation sites excluding steroid dienone is 1. The lowest BCUT2D eigenvalue weighted by Gasteiger charge is -2.35. The Morgan fingerprint density at radius 1 is 0.923 bits per heavy atom. The molecule has 26 heavy (non-hydrogen) atoms. The molecule has 0 saturated heterocycles. The van der Waals surface area contributed by atoms with Crippen LogP contribution in [0, 0.1) is 5.82 Å². The molecule has 0 bridgehead atoms. The molecule has 0 aromatic heterocycles. The molecule has 0 saturated carbocycles. The molecule has 1 aliphatic carbocycles. The number of anilines is 1. The number of carbonyl (C=O) groups excluding carboxylic acids is 1. The van der Waals surface area contributed by atoms with Gasteiger partial charge in [-0.25, -0.2) is 4.39 Å². The molecule has 1 aliphatic heterocycles. The highest BCUT2D eigenvalue weighted by molar-refractivity contribution is 6.12. The maximum Gasteiger partial charge on any atom is 0.161 e. The first-order valence-electron chi connectivity index (χ1n) is 9.03. The lowest BCUT2D eigenvalue weighted by molar-refractivity contribution is -0.116. The summed E-state index contributed by atoms with van der Waals surface area (Å²) in [6.07, 6.45) is 2.37. The zero-order valence-electron chi connectivity index (χ0n) is 14.3. The number of hydrogen-bond acceptors (Lipinski definition) is 2. The number of benzene rings is 3. The highest BCUT2D eigenvalue weighted by atomic mass is 19.1. The third-order valence-electron chi connectivity index (χ3n) is 5.48. The molecule has 0 spiro atoms. The monoisotopic (exact) mass is 343 g/mol. The summed E-state index contributed by atoms with van der Waals surface area (Å²) >= 11 is 0. The summed E-state index contributed by atoms with van der Waals surface area (Å²) in [5.41, 5.74) is 5.14. The van der Waals surface area contributed by atoms with Crippen molar-refractivity contribution in [3.63, 3.8) is 0 Å². The number of fused-ring (bicyclic) bond motifs is 4. The minimum atomic E-state index is -0.264. The zero-order chi connectivity index (χ0) is 17.7. The minimum Gasteiger partial charge on any atom is -0.373 e. The topological polar surface area (TPSA) is 29.1 Å².